The van der Waals surface area contributed by atoms with Crippen LogP contribution < -0.4 is 15.4 Å². The number of hydrogen-bond acceptors (Lipinski definition) is 5. The van der Waals surface area contributed by atoms with Crippen LogP contribution in [-0.4, -0.2) is 17.6 Å². The molecule has 0 bridgehead atoms. The fraction of sp³-hybridized carbons (Fsp3) is 0.522. The van der Waals surface area contributed by atoms with Gasteiger partial charge in [-0.3, -0.25) is 4.79 Å². The molecule has 1 aliphatic heterocycles. The summed E-state index contributed by atoms with van der Waals surface area (Å²) in [5.41, 5.74) is 3.25. The molecule has 0 unspecified atom stereocenters. The number of amides is 1. The zero-order chi connectivity index (χ0) is 21.6. The Morgan fingerprint density at radius 3 is 2.77 bits per heavy atom. The molecule has 2 atom stereocenters. The number of phenolic OH excluding ortho intramolecular Hbond substituents is 1. The summed E-state index contributed by atoms with van der Waals surface area (Å²) in [5.74, 6) is 1.22. The van der Waals surface area contributed by atoms with E-state index in [9.17, 15) is 9.90 Å². The van der Waals surface area contributed by atoms with E-state index < -0.39 is 0 Å². The minimum Gasteiger partial charge on any atom is -0.504 e. The summed E-state index contributed by atoms with van der Waals surface area (Å²) in [6.07, 6.45) is 3.99. The SMILES string of the molecule is CCOc1cc([C@@H]2NC(=O)c3c(sc4c3CC[C@@H](C(C)(C)CC)C4)N2)cc(I)c1O. The monoisotopic (exact) mass is 540 g/mol. The number of rotatable bonds is 5. The molecule has 2 heterocycles. The average molecular weight is 540 g/mol. The van der Waals surface area contributed by atoms with Gasteiger partial charge in [-0.2, -0.15) is 0 Å². The fourth-order valence-corrected chi connectivity index (χ4v) is 6.42. The van der Waals surface area contributed by atoms with Crippen LogP contribution in [0.3, 0.4) is 0 Å². The number of ether oxygens (including phenoxy) is 1. The summed E-state index contributed by atoms with van der Waals surface area (Å²) in [5, 5.41) is 17.8. The van der Waals surface area contributed by atoms with Crippen molar-refractivity contribution in [1.29, 1.82) is 0 Å². The van der Waals surface area contributed by atoms with E-state index in [0.29, 0.717) is 27.3 Å². The molecule has 0 saturated heterocycles. The van der Waals surface area contributed by atoms with Crippen molar-refractivity contribution in [2.24, 2.45) is 11.3 Å². The van der Waals surface area contributed by atoms with E-state index in [4.69, 9.17) is 4.74 Å². The standard InChI is InChI=1S/C23H29IN2O3S/c1-5-23(3,4)13-7-8-14-17(11-13)30-22-18(14)21(28)25-20(26-22)12-9-15(24)19(27)16(10-12)29-6-2/h9-10,13,20,26-27H,5-8,11H2,1-4H3,(H,25,28)/t13-,20-/m1/s1. The van der Waals surface area contributed by atoms with Gasteiger partial charge in [0.1, 0.15) is 11.2 Å². The number of halogens is 1. The minimum atomic E-state index is -0.346. The van der Waals surface area contributed by atoms with Crippen molar-refractivity contribution >= 4 is 44.8 Å². The highest BCUT2D eigenvalue weighted by atomic mass is 127. The highest BCUT2D eigenvalue weighted by Gasteiger charge is 2.37. The molecule has 0 spiro atoms. The van der Waals surface area contributed by atoms with Gasteiger partial charge in [-0.25, -0.2) is 0 Å². The number of hydrogen-bond donors (Lipinski definition) is 3. The van der Waals surface area contributed by atoms with Crippen LogP contribution in [0.25, 0.3) is 0 Å². The van der Waals surface area contributed by atoms with Crippen LogP contribution in [-0.2, 0) is 12.8 Å². The van der Waals surface area contributed by atoms with Gasteiger partial charge in [0.05, 0.1) is 15.7 Å². The summed E-state index contributed by atoms with van der Waals surface area (Å²) >= 11 is 3.83. The molecule has 0 saturated carbocycles. The lowest BCUT2D eigenvalue weighted by Crippen LogP contribution is -2.38. The number of carbonyl (C=O) groups excluding carboxylic acids is 1. The van der Waals surface area contributed by atoms with E-state index in [2.05, 4.69) is 54.0 Å². The van der Waals surface area contributed by atoms with Crippen LogP contribution in [0.2, 0.25) is 0 Å². The maximum absolute atomic E-state index is 13.1. The van der Waals surface area contributed by atoms with E-state index >= 15 is 0 Å². The minimum absolute atomic E-state index is 0.0134. The third kappa shape index (κ3) is 3.79. The Kier molecular flexibility index (Phi) is 5.96. The lowest BCUT2D eigenvalue weighted by Gasteiger charge is -2.36. The number of anilines is 1. The molecule has 1 amide bonds. The summed E-state index contributed by atoms with van der Waals surface area (Å²) in [7, 11) is 0. The Labute approximate surface area is 195 Å². The van der Waals surface area contributed by atoms with Crippen molar-refractivity contribution in [2.45, 2.75) is 59.5 Å². The van der Waals surface area contributed by atoms with E-state index in [1.54, 1.807) is 17.4 Å². The quantitative estimate of drug-likeness (QED) is 0.416. The van der Waals surface area contributed by atoms with Gasteiger partial charge in [0.15, 0.2) is 11.5 Å². The van der Waals surface area contributed by atoms with Crippen molar-refractivity contribution in [3.05, 3.63) is 37.3 Å². The molecule has 1 aromatic carbocycles. The maximum Gasteiger partial charge on any atom is 0.256 e. The highest BCUT2D eigenvalue weighted by molar-refractivity contribution is 14.1. The number of phenols is 1. The molecule has 0 fully saturated rings. The van der Waals surface area contributed by atoms with Gasteiger partial charge in [0.25, 0.3) is 5.91 Å². The summed E-state index contributed by atoms with van der Waals surface area (Å²) in [6, 6.07) is 3.69. The molecule has 0 radical (unpaired) electrons. The Morgan fingerprint density at radius 2 is 2.07 bits per heavy atom. The normalized spacial score (nSPS) is 20.8. The Balaban J connectivity index is 1.64. The first kappa shape index (κ1) is 21.7. The van der Waals surface area contributed by atoms with Crippen molar-refractivity contribution in [1.82, 2.24) is 5.32 Å². The number of thiophene rings is 1. The van der Waals surface area contributed by atoms with Gasteiger partial charge in [0, 0.05) is 4.88 Å². The zero-order valence-electron chi connectivity index (χ0n) is 17.9. The topological polar surface area (TPSA) is 70.6 Å². The number of fused-ring (bicyclic) bond motifs is 3. The van der Waals surface area contributed by atoms with Gasteiger partial charge in [-0.15, -0.1) is 11.3 Å². The molecule has 7 heteroatoms. The van der Waals surface area contributed by atoms with Gasteiger partial charge in [-0.1, -0.05) is 27.2 Å². The zero-order valence-corrected chi connectivity index (χ0v) is 20.9. The number of nitrogens with one attached hydrogen (secondary N) is 2. The van der Waals surface area contributed by atoms with Crippen molar-refractivity contribution < 1.29 is 14.6 Å². The predicted octanol–water partition coefficient (Wildman–Crippen LogP) is 5.85. The van der Waals surface area contributed by atoms with Crippen molar-refractivity contribution in [2.75, 3.05) is 11.9 Å². The van der Waals surface area contributed by atoms with E-state index in [1.807, 2.05) is 13.0 Å². The summed E-state index contributed by atoms with van der Waals surface area (Å²) in [4.78, 5) is 14.4. The molecule has 5 nitrogen and oxygen atoms in total. The van der Waals surface area contributed by atoms with Crippen LogP contribution in [0, 0.1) is 14.9 Å². The van der Waals surface area contributed by atoms with Gasteiger partial charge >= 0.3 is 0 Å². The molecule has 2 aromatic rings. The van der Waals surface area contributed by atoms with Gasteiger partial charge < -0.3 is 20.5 Å². The molecule has 2 aliphatic rings. The first-order valence-corrected chi connectivity index (χ1v) is 12.5. The second-order valence-electron chi connectivity index (χ2n) is 8.82. The fourth-order valence-electron chi connectivity index (χ4n) is 4.45. The Bertz CT molecular complexity index is 985. The average Bonchev–Trinajstić information content (AvgIpc) is 3.09. The largest absolute Gasteiger partial charge is 0.504 e. The number of carbonyl (C=O) groups is 1. The smallest absolute Gasteiger partial charge is 0.256 e. The first-order valence-electron chi connectivity index (χ1n) is 10.6. The molecular weight excluding hydrogens is 511 g/mol. The van der Waals surface area contributed by atoms with Gasteiger partial charge in [0.2, 0.25) is 0 Å². The summed E-state index contributed by atoms with van der Waals surface area (Å²) in [6.45, 7) is 9.34. The Morgan fingerprint density at radius 1 is 1.30 bits per heavy atom. The molecule has 162 valence electrons. The molecule has 1 aromatic heterocycles. The molecule has 3 N–H and O–H groups in total. The summed E-state index contributed by atoms with van der Waals surface area (Å²) < 4.78 is 6.27. The van der Waals surface area contributed by atoms with Crippen LogP contribution in [0.15, 0.2) is 12.1 Å². The van der Waals surface area contributed by atoms with Crippen molar-refractivity contribution in [3.63, 3.8) is 0 Å². The van der Waals surface area contributed by atoms with Crippen LogP contribution in [0.5, 0.6) is 11.5 Å². The third-order valence-corrected chi connectivity index (χ3v) is 8.75. The van der Waals surface area contributed by atoms with E-state index in [-0.39, 0.29) is 17.8 Å². The molecule has 30 heavy (non-hydrogen) atoms. The Hall–Kier alpha value is -1.48. The number of aromatic hydroxyl groups is 1. The third-order valence-electron chi connectivity index (χ3n) is 6.74. The van der Waals surface area contributed by atoms with Crippen LogP contribution in [0.4, 0.5) is 5.00 Å². The second-order valence-corrected chi connectivity index (χ2v) is 11.1. The van der Waals surface area contributed by atoms with Crippen LogP contribution in [0.1, 0.15) is 73.1 Å². The van der Waals surface area contributed by atoms with E-state index in [0.717, 1.165) is 35.4 Å². The number of benzene rings is 1. The highest BCUT2D eigenvalue weighted by Crippen LogP contribution is 2.47. The van der Waals surface area contributed by atoms with Crippen LogP contribution >= 0.6 is 33.9 Å². The van der Waals surface area contributed by atoms with Crippen molar-refractivity contribution in [3.8, 4) is 11.5 Å². The van der Waals surface area contributed by atoms with Gasteiger partial charge in [-0.05, 0) is 83.4 Å². The molecular formula is C23H29IN2O3S. The lowest BCUT2D eigenvalue weighted by atomic mass is 9.69. The molecule has 4 rings (SSSR count). The predicted molar refractivity (Wildman–Crippen MR) is 130 cm³/mol. The lowest BCUT2D eigenvalue weighted by molar-refractivity contribution is 0.0934. The first-order chi connectivity index (χ1) is 14.2. The van der Waals surface area contributed by atoms with E-state index in [1.165, 1.54) is 16.9 Å². The second kappa shape index (κ2) is 8.22. The molecule has 1 aliphatic carbocycles. The maximum atomic E-state index is 13.1.